The molecule has 28 heavy (non-hydrogen) atoms. The van der Waals surface area contributed by atoms with Gasteiger partial charge in [0.2, 0.25) is 11.9 Å². The van der Waals surface area contributed by atoms with Crippen molar-refractivity contribution < 1.29 is 14.3 Å². The van der Waals surface area contributed by atoms with E-state index in [1.807, 2.05) is 18.0 Å². The summed E-state index contributed by atoms with van der Waals surface area (Å²) < 4.78 is 5.15. The number of aromatic nitrogens is 2. The molecule has 1 aliphatic carbocycles. The van der Waals surface area contributed by atoms with E-state index in [2.05, 4.69) is 23.7 Å². The second-order valence-corrected chi connectivity index (χ2v) is 7.63. The Hall–Kier alpha value is -2.18. The van der Waals surface area contributed by atoms with E-state index in [0.717, 1.165) is 62.5 Å². The van der Waals surface area contributed by atoms with Crippen LogP contribution in [0, 0.1) is 11.8 Å². The number of nitrogens with zero attached hydrogens (tertiary/aromatic N) is 4. The SMILES string of the molecule is CCOC(=O)C1CCCN(C(=O)C2CCc3nc(N(CC)CC)ncc3C2)C1. The summed E-state index contributed by atoms with van der Waals surface area (Å²) in [4.78, 5) is 38.4. The van der Waals surface area contributed by atoms with Gasteiger partial charge >= 0.3 is 5.97 Å². The van der Waals surface area contributed by atoms with Crippen LogP contribution >= 0.6 is 0 Å². The number of carbonyl (C=O) groups excluding carboxylic acids is 2. The Morgan fingerprint density at radius 1 is 1.21 bits per heavy atom. The van der Waals surface area contributed by atoms with E-state index in [9.17, 15) is 9.59 Å². The predicted octanol–water partition coefficient (Wildman–Crippen LogP) is 2.23. The van der Waals surface area contributed by atoms with Crippen molar-refractivity contribution in [3.05, 3.63) is 17.5 Å². The highest BCUT2D eigenvalue weighted by molar-refractivity contribution is 5.81. The fraction of sp³-hybridized carbons (Fsp3) is 0.714. The predicted molar refractivity (Wildman–Crippen MR) is 107 cm³/mol. The molecule has 2 heterocycles. The molecule has 0 bridgehead atoms. The van der Waals surface area contributed by atoms with Gasteiger partial charge in [-0.2, -0.15) is 0 Å². The molecule has 1 aliphatic heterocycles. The van der Waals surface area contributed by atoms with Crippen molar-refractivity contribution in [3.63, 3.8) is 0 Å². The standard InChI is InChI=1S/C21H32N4O3/c1-4-24(5-2)21-22-13-17-12-15(9-10-18(17)23-21)19(26)25-11-7-8-16(14-25)20(27)28-6-3/h13,15-16H,4-12,14H2,1-3H3. The molecular formula is C21H32N4O3. The number of aryl methyl sites for hydroxylation is 1. The minimum Gasteiger partial charge on any atom is -0.466 e. The molecule has 0 N–H and O–H groups in total. The summed E-state index contributed by atoms with van der Waals surface area (Å²) in [5.41, 5.74) is 2.16. The quantitative estimate of drug-likeness (QED) is 0.696. The first kappa shape index (κ1) is 20.6. The normalized spacial score (nSPS) is 21.8. The molecule has 2 atom stereocenters. The van der Waals surface area contributed by atoms with Gasteiger partial charge in [0.15, 0.2) is 0 Å². The molecule has 2 aliphatic rings. The summed E-state index contributed by atoms with van der Waals surface area (Å²) in [5.74, 6) is 0.533. The fourth-order valence-electron chi connectivity index (χ4n) is 4.25. The Morgan fingerprint density at radius 2 is 2.00 bits per heavy atom. The van der Waals surface area contributed by atoms with Crippen LogP contribution in [0.1, 0.15) is 51.3 Å². The number of carbonyl (C=O) groups is 2. The topological polar surface area (TPSA) is 75.6 Å². The van der Waals surface area contributed by atoms with Crippen LogP contribution in [0.25, 0.3) is 0 Å². The van der Waals surface area contributed by atoms with E-state index in [-0.39, 0.29) is 23.7 Å². The number of piperidine rings is 1. The molecule has 0 aromatic carbocycles. The summed E-state index contributed by atoms with van der Waals surface area (Å²) in [6.45, 7) is 9.38. The fourth-order valence-corrected chi connectivity index (χ4v) is 4.25. The zero-order valence-corrected chi connectivity index (χ0v) is 17.3. The number of hydrogen-bond acceptors (Lipinski definition) is 6. The van der Waals surface area contributed by atoms with E-state index in [1.165, 1.54) is 0 Å². The van der Waals surface area contributed by atoms with Crippen molar-refractivity contribution in [3.8, 4) is 0 Å². The minimum absolute atomic E-state index is 0.0450. The van der Waals surface area contributed by atoms with Gasteiger partial charge in [0.25, 0.3) is 0 Å². The maximum Gasteiger partial charge on any atom is 0.310 e. The van der Waals surface area contributed by atoms with Crippen molar-refractivity contribution in [2.45, 2.75) is 52.9 Å². The van der Waals surface area contributed by atoms with Gasteiger partial charge in [-0.05, 0) is 58.4 Å². The Kier molecular flexibility index (Phi) is 6.86. The van der Waals surface area contributed by atoms with E-state index < -0.39 is 0 Å². The number of likely N-dealkylation sites (tertiary alicyclic amines) is 1. The first-order chi connectivity index (χ1) is 13.6. The first-order valence-electron chi connectivity index (χ1n) is 10.6. The smallest absolute Gasteiger partial charge is 0.310 e. The largest absolute Gasteiger partial charge is 0.466 e. The van der Waals surface area contributed by atoms with Crippen molar-refractivity contribution in [2.75, 3.05) is 37.7 Å². The molecule has 154 valence electrons. The Bertz CT molecular complexity index is 705. The lowest BCUT2D eigenvalue weighted by Gasteiger charge is -2.35. The van der Waals surface area contributed by atoms with Crippen LogP contribution in [0.2, 0.25) is 0 Å². The van der Waals surface area contributed by atoms with E-state index in [4.69, 9.17) is 9.72 Å². The molecule has 1 aromatic heterocycles. The number of esters is 1. The van der Waals surface area contributed by atoms with Gasteiger partial charge in [0, 0.05) is 44.0 Å². The molecule has 1 amide bonds. The molecule has 0 saturated carbocycles. The Morgan fingerprint density at radius 3 is 2.71 bits per heavy atom. The maximum atomic E-state index is 13.1. The van der Waals surface area contributed by atoms with Crippen LogP contribution in [0.4, 0.5) is 5.95 Å². The number of anilines is 1. The van der Waals surface area contributed by atoms with E-state index in [1.54, 1.807) is 0 Å². The van der Waals surface area contributed by atoms with Crippen LogP contribution in [0.15, 0.2) is 6.20 Å². The third-order valence-electron chi connectivity index (χ3n) is 5.89. The van der Waals surface area contributed by atoms with Gasteiger partial charge < -0.3 is 14.5 Å². The minimum atomic E-state index is -0.187. The third kappa shape index (κ3) is 4.45. The van der Waals surface area contributed by atoms with Crippen LogP contribution in [0.5, 0.6) is 0 Å². The second-order valence-electron chi connectivity index (χ2n) is 7.63. The number of amides is 1. The lowest BCUT2D eigenvalue weighted by Crippen LogP contribution is -2.46. The van der Waals surface area contributed by atoms with Gasteiger partial charge in [0.05, 0.1) is 12.5 Å². The van der Waals surface area contributed by atoms with Gasteiger partial charge in [0.1, 0.15) is 0 Å². The lowest BCUT2D eigenvalue weighted by molar-refractivity contribution is -0.152. The van der Waals surface area contributed by atoms with Crippen LogP contribution in [-0.2, 0) is 27.2 Å². The Labute approximate surface area is 167 Å². The zero-order chi connectivity index (χ0) is 20.1. The summed E-state index contributed by atoms with van der Waals surface area (Å²) in [5, 5.41) is 0. The monoisotopic (exact) mass is 388 g/mol. The molecule has 0 radical (unpaired) electrons. The highest BCUT2D eigenvalue weighted by Crippen LogP contribution is 2.28. The summed E-state index contributed by atoms with van der Waals surface area (Å²) in [6, 6.07) is 0. The highest BCUT2D eigenvalue weighted by Gasteiger charge is 2.34. The van der Waals surface area contributed by atoms with Crippen molar-refractivity contribution in [1.29, 1.82) is 0 Å². The van der Waals surface area contributed by atoms with Crippen molar-refractivity contribution >= 4 is 17.8 Å². The van der Waals surface area contributed by atoms with Crippen LogP contribution in [0.3, 0.4) is 0 Å². The van der Waals surface area contributed by atoms with Gasteiger partial charge in [-0.25, -0.2) is 9.97 Å². The number of rotatable bonds is 6. The lowest BCUT2D eigenvalue weighted by atomic mass is 9.85. The van der Waals surface area contributed by atoms with Crippen molar-refractivity contribution in [1.82, 2.24) is 14.9 Å². The van der Waals surface area contributed by atoms with Gasteiger partial charge in [-0.3, -0.25) is 9.59 Å². The van der Waals surface area contributed by atoms with E-state index >= 15 is 0 Å². The summed E-state index contributed by atoms with van der Waals surface area (Å²) >= 11 is 0. The average Bonchev–Trinajstić information content (AvgIpc) is 2.74. The van der Waals surface area contributed by atoms with E-state index in [0.29, 0.717) is 19.6 Å². The number of fused-ring (bicyclic) bond motifs is 1. The third-order valence-corrected chi connectivity index (χ3v) is 5.89. The Balaban J connectivity index is 1.64. The molecule has 7 nitrogen and oxygen atoms in total. The average molecular weight is 389 g/mol. The molecule has 0 spiro atoms. The first-order valence-corrected chi connectivity index (χ1v) is 10.6. The zero-order valence-electron chi connectivity index (χ0n) is 17.3. The molecule has 1 aromatic rings. The molecular weight excluding hydrogens is 356 g/mol. The van der Waals surface area contributed by atoms with Crippen LogP contribution < -0.4 is 4.90 Å². The van der Waals surface area contributed by atoms with Crippen LogP contribution in [-0.4, -0.2) is 59.5 Å². The summed E-state index contributed by atoms with van der Waals surface area (Å²) in [7, 11) is 0. The molecule has 1 saturated heterocycles. The molecule has 7 heteroatoms. The second kappa shape index (κ2) is 9.34. The van der Waals surface area contributed by atoms with Gasteiger partial charge in [-0.15, -0.1) is 0 Å². The highest BCUT2D eigenvalue weighted by atomic mass is 16.5. The number of hydrogen-bond donors (Lipinski definition) is 0. The van der Waals surface area contributed by atoms with Gasteiger partial charge in [-0.1, -0.05) is 0 Å². The molecule has 2 unspecified atom stereocenters. The summed E-state index contributed by atoms with van der Waals surface area (Å²) in [6.07, 6.45) is 5.85. The maximum absolute atomic E-state index is 13.1. The molecule has 3 rings (SSSR count). The van der Waals surface area contributed by atoms with Crippen molar-refractivity contribution in [2.24, 2.45) is 11.8 Å². The number of ether oxygens (including phenoxy) is 1. The molecule has 1 fully saturated rings.